The molecule has 1 amide bonds. The summed E-state index contributed by atoms with van der Waals surface area (Å²) in [6.07, 6.45) is 3.33. The molecule has 5 heteroatoms. The predicted molar refractivity (Wildman–Crippen MR) is 87.9 cm³/mol. The lowest BCUT2D eigenvalue weighted by atomic mass is 9.95. The van der Waals surface area contributed by atoms with Gasteiger partial charge in [-0.3, -0.25) is 14.5 Å². The zero-order valence-electron chi connectivity index (χ0n) is 13.2. The van der Waals surface area contributed by atoms with Crippen LogP contribution in [0.15, 0.2) is 24.3 Å². The van der Waals surface area contributed by atoms with E-state index in [1.165, 1.54) is 13.3 Å². The van der Waals surface area contributed by atoms with Crippen molar-refractivity contribution in [2.24, 2.45) is 11.7 Å². The van der Waals surface area contributed by atoms with Gasteiger partial charge in [0.1, 0.15) is 0 Å². The summed E-state index contributed by atoms with van der Waals surface area (Å²) >= 11 is 0. The van der Waals surface area contributed by atoms with Crippen molar-refractivity contribution in [2.75, 3.05) is 31.5 Å². The van der Waals surface area contributed by atoms with Crippen LogP contribution in [0.2, 0.25) is 0 Å². The maximum atomic E-state index is 12.2. The zero-order valence-corrected chi connectivity index (χ0v) is 13.2. The van der Waals surface area contributed by atoms with E-state index in [2.05, 4.69) is 10.2 Å². The molecule has 5 nitrogen and oxygen atoms in total. The van der Waals surface area contributed by atoms with Crippen molar-refractivity contribution in [1.29, 1.82) is 0 Å². The second-order valence-electron chi connectivity index (χ2n) is 5.97. The van der Waals surface area contributed by atoms with Crippen LogP contribution in [0.4, 0.5) is 5.69 Å². The maximum absolute atomic E-state index is 12.2. The van der Waals surface area contributed by atoms with Gasteiger partial charge in [-0.2, -0.15) is 0 Å². The molecule has 1 unspecified atom stereocenters. The van der Waals surface area contributed by atoms with Gasteiger partial charge in [-0.25, -0.2) is 0 Å². The van der Waals surface area contributed by atoms with Crippen molar-refractivity contribution in [3.63, 3.8) is 0 Å². The van der Waals surface area contributed by atoms with Gasteiger partial charge < -0.3 is 11.1 Å². The molecule has 120 valence electrons. The van der Waals surface area contributed by atoms with Crippen molar-refractivity contribution in [1.82, 2.24) is 4.90 Å². The number of benzene rings is 1. The number of nitrogens with two attached hydrogens (primary N) is 1. The van der Waals surface area contributed by atoms with Crippen molar-refractivity contribution in [3.05, 3.63) is 29.8 Å². The maximum Gasteiger partial charge on any atom is 0.238 e. The number of nitrogens with one attached hydrogen (secondary N) is 1. The lowest BCUT2D eigenvalue weighted by molar-refractivity contribution is -0.117. The lowest BCUT2D eigenvalue weighted by Gasteiger charge is -2.32. The second-order valence-corrected chi connectivity index (χ2v) is 5.97. The number of amides is 1. The van der Waals surface area contributed by atoms with E-state index in [1.807, 2.05) is 6.07 Å². The van der Waals surface area contributed by atoms with E-state index in [9.17, 15) is 9.59 Å². The number of nitrogens with zero attached hydrogens (tertiary/aromatic N) is 1. The summed E-state index contributed by atoms with van der Waals surface area (Å²) in [5.41, 5.74) is 6.77. The zero-order chi connectivity index (χ0) is 15.9. The first kappa shape index (κ1) is 16.6. The van der Waals surface area contributed by atoms with Crippen LogP contribution >= 0.6 is 0 Å². The molecule has 1 fully saturated rings. The van der Waals surface area contributed by atoms with Crippen LogP contribution in [-0.4, -0.2) is 42.8 Å². The summed E-state index contributed by atoms with van der Waals surface area (Å²) in [5, 5.41) is 2.86. The molecule has 1 aliphatic heterocycles. The Bertz CT molecular complexity index is 528. The van der Waals surface area contributed by atoms with Gasteiger partial charge in [0.15, 0.2) is 5.78 Å². The van der Waals surface area contributed by atoms with Crippen LogP contribution in [-0.2, 0) is 4.79 Å². The number of hydrogen-bond donors (Lipinski definition) is 2. The number of carbonyl (C=O) groups is 2. The Hall–Kier alpha value is -1.72. The Kier molecular flexibility index (Phi) is 6.10. The van der Waals surface area contributed by atoms with Gasteiger partial charge in [0.05, 0.1) is 12.2 Å². The third-order valence-corrected chi connectivity index (χ3v) is 4.13. The van der Waals surface area contributed by atoms with E-state index < -0.39 is 0 Å². The monoisotopic (exact) mass is 303 g/mol. The molecule has 1 atom stereocenters. The highest BCUT2D eigenvalue weighted by molar-refractivity contribution is 6.04. The number of Topliss-reactive ketones (excluding diaryl/α,β-unsaturated/α-hetero) is 1. The number of ketones is 1. The van der Waals surface area contributed by atoms with E-state index in [-0.39, 0.29) is 11.7 Å². The highest BCUT2D eigenvalue weighted by Crippen LogP contribution is 2.19. The molecule has 3 N–H and O–H groups in total. The molecule has 0 bridgehead atoms. The fourth-order valence-corrected chi connectivity index (χ4v) is 3.06. The van der Waals surface area contributed by atoms with E-state index in [0.717, 1.165) is 25.9 Å². The van der Waals surface area contributed by atoms with Gasteiger partial charge >= 0.3 is 0 Å². The van der Waals surface area contributed by atoms with E-state index >= 15 is 0 Å². The minimum atomic E-state index is -0.0675. The summed E-state index contributed by atoms with van der Waals surface area (Å²) in [5.74, 6) is 0.482. The topological polar surface area (TPSA) is 75.4 Å². The van der Waals surface area contributed by atoms with E-state index in [4.69, 9.17) is 5.73 Å². The highest BCUT2D eigenvalue weighted by Gasteiger charge is 2.21. The van der Waals surface area contributed by atoms with Gasteiger partial charge in [-0.15, -0.1) is 0 Å². The third-order valence-electron chi connectivity index (χ3n) is 4.13. The summed E-state index contributed by atoms with van der Waals surface area (Å²) in [6.45, 7) is 4.46. The molecular formula is C17H25N3O2. The molecule has 0 radical (unpaired) electrons. The average Bonchev–Trinajstić information content (AvgIpc) is 2.48. The van der Waals surface area contributed by atoms with E-state index in [1.54, 1.807) is 18.2 Å². The molecule has 0 spiro atoms. The first-order chi connectivity index (χ1) is 10.6. The molecule has 0 aliphatic carbocycles. The smallest absolute Gasteiger partial charge is 0.238 e. The Labute approximate surface area is 131 Å². The van der Waals surface area contributed by atoms with Crippen molar-refractivity contribution < 1.29 is 9.59 Å². The summed E-state index contributed by atoms with van der Waals surface area (Å²) in [6, 6.07) is 7.12. The first-order valence-corrected chi connectivity index (χ1v) is 7.92. The third kappa shape index (κ3) is 4.64. The van der Waals surface area contributed by atoms with E-state index in [0.29, 0.717) is 30.3 Å². The number of likely N-dealkylation sites (tertiary alicyclic amines) is 1. The second kappa shape index (κ2) is 8.06. The highest BCUT2D eigenvalue weighted by atomic mass is 16.2. The number of anilines is 1. The summed E-state index contributed by atoms with van der Waals surface area (Å²) < 4.78 is 0. The van der Waals surface area contributed by atoms with Gasteiger partial charge in [-0.1, -0.05) is 12.1 Å². The van der Waals surface area contributed by atoms with Gasteiger partial charge in [0, 0.05) is 12.1 Å². The number of rotatable bonds is 6. The number of para-hydroxylation sites is 1. The largest absolute Gasteiger partial charge is 0.330 e. The Morgan fingerprint density at radius 1 is 1.36 bits per heavy atom. The quantitative estimate of drug-likeness (QED) is 0.787. The Balaban J connectivity index is 1.92. The number of hydrogen-bond acceptors (Lipinski definition) is 4. The fourth-order valence-electron chi connectivity index (χ4n) is 3.06. The molecule has 22 heavy (non-hydrogen) atoms. The van der Waals surface area contributed by atoms with Crippen LogP contribution in [0.25, 0.3) is 0 Å². The van der Waals surface area contributed by atoms with Crippen LogP contribution in [0, 0.1) is 5.92 Å². The first-order valence-electron chi connectivity index (χ1n) is 7.92. The van der Waals surface area contributed by atoms with Gasteiger partial charge in [0.2, 0.25) is 5.91 Å². The van der Waals surface area contributed by atoms with Gasteiger partial charge in [0.25, 0.3) is 0 Å². The summed E-state index contributed by atoms with van der Waals surface area (Å²) in [4.78, 5) is 26.0. The minimum absolute atomic E-state index is 0.0446. The molecule has 1 heterocycles. The normalized spacial score (nSPS) is 18.9. The molecule has 2 rings (SSSR count). The molecule has 1 aromatic rings. The molecule has 0 aromatic heterocycles. The Morgan fingerprint density at radius 3 is 2.86 bits per heavy atom. The average molecular weight is 303 g/mol. The minimum Gasteiger partial charge on any atom is -0.330 e. The molecule has 1 aromatic carbocycles. The summed E-state index contributed by atoms with van der Waals surface area (Å²) in [7, 11) is 0. The van der Waals surface area contributed by atoms with Crippen LogP contribution in [0.1, 0.15) is 36.5 Å². The van der Waals surface area contributed by atoms with Crippen LogP contribution in [0.3, 0.4) is 0 Å². The predicted octanol–water partition coefficient (Wildman–Crippen LogP) is 1.89. The number of carbonyl (C=O) groups excluding carboxylic acids is 2. The fraction of sp³-hybridized carbons (Fsp3) is 0.529. The van der Waals surface area contributed by atoms with Crippen LogP contribution in [0.5, 0.6) is 0 Å². The lowest BCUT2D eigenvalue weighted by Crippen LogP contribution is -2.41. The van der Waals surface area contributed by atoms with Crippen molar-refractivity contribution in [3.8, 4) is 0 Å². The van der Waals surface area contributed by atoms with Crippen molar-refractivity contribution in [2.45, 2.75) is 26.2 Å². The van der Waals surface area contributed by atoms with Crippen molar-refractivity contribution >= 4 is 17.4 Å². The molecule has 0 saturated carbocycles. The number of piperidine rings is 1. The van der Waals surface area contributed by atoms with Gasteiger partial charge in [-0.05, 0) is 57.3 Å². The molecule has 1 aliphatic rings. The SMILES string of the molecule is CC(=O)c1ccccc1NC(=O)CN1CCCC(CCN)C1. The van der Waals surface area contributed by atoms with Crippen LogP contribution < -0.4 is 11.1 Å². The Morgan fingerprint density at radius 2 is 2.14 bits per heavy atom. The standard InChI is InChI=1S/C17H25N3O2/c1-13(21)15-6-2-3-7-16(15)19-17(22)12-20-10-4-5-14(11-20)8-9-18/h2-3,6-7,14H,4-5,8-12,18H2,1H3,(H,19,22). The molecule has 1 saturated heterocycles. The molecular weight excluding hydrogens is 278 g/mol.